The first kappa shape index (κ1) is 15.0. The molecule has 0 aromatic heterocycles. The molecule has 1 aliphatic heterocycles. The molecule has 24 heavy (non-hydrogen) atoms. The fraction of sp³-hybridized carbons (Fsp3) is 0.316. The van der Waals surface area contributed by atoms with Crippen LogP contribution in [0.1, 0.15) is 24.0 Å². The Balaban J connectivity index is 1.51. The number of nitrogens with zero attached hydrogens (tertiary/aromatic N) is 1. The maximum atomic E-state index is 13.1. The van der Waals surface area contributed by atoms with Gasteiger partial charge in [0.1, 0.15) is 5.82 Å². The molecule has 0 bridgehead atoms. The Morgan fingerprint density at radius 1 is 1.12 bits per heavy atom. The fourth-order valence-corrected chi connectivity index (χ4v) is 3.27. The number of hydrogen-bond donors (Lipinski definition) is 0. The Bertz CT molecular complexity index is 784. The van der Waals surface area contributed by atoms with Gasteiger partial charge in [0.2, 0.25) is 12.7 Å². The van der Waals surface area contributed by atoms with Gasteiger partial charge in [-0.25, -0.2) is 4.39 Å². The van der Waals surface area contributed by atoms with Gasteiger partial charge in [-0.3, -0.25) is 4.79 Å². The third kappa shape index (κ3) is 2.50. The predicted molar refractivity (Wildman–Crippen MR) is 86.4 cm³/mol. The zero-order chi connectivity index (χ0) is 16.7. The van der Waals surface area contributed by atoms with E-state index in [4.69, 9.17) is 9.47 Å². The molecule has 0 saturated heterocycles. The number of amides is 1. The second-order valence-electron chi connectivity index (χ2n) is 6.44. The average molecular weight is 327 g/mol. The van der Waals surface area contributed by atoms with E-state index < -0.39 is 5.41 Å². The number of halogens is 1. The maximum Gasteiger partial charge on any atom is 0.233 e. The van der Waals surface area contributed by atoms with Crippen LogP contribution in [0.25, 0.3) is 0 Å². The number of fused-ring (bicyclic) bond motifs is 1. The van der Waals surface area contributed by atoms with E-state index in [1.54, 1.807) is 24.1 Å². The number of hydrogen-bond acceptors (Lipinski definition) is 3. The topological polar surface area (TPSA) is 38.8 Å². The predicted octanol–water partition coefficient (Wildman–Crippen LogP) is 3.24. The lowest BCUT2D eigenvalue weighted by Gasteiger charge is -2.24. The molecule has 0 atom stereocenters. The molecule has 1 saturated carbocycles. The number of carbonyl (C=O) groups is 1. The summed E-state index contributed by atoms with van der Waals surface area (Å²) < 4.78 is 23.8. The molecule has 1 aliphatic carbocycles. The number of rotatable bonds is 4. The minimum atomic E-state index is -0.487. The second kappa shape index (κ2) is 5.51. The van der Waals surface area contributed by atoms with E-state index in [2.05, 4.69) is 0 Å². The first-order chi connectivity index (χ1) is 11.6. The van der Waals surface area contributed by atoms with E-state index in [1.165, 1.54) is 12.1 Å². The summed E-state index contributed by atoms with van der Waals surface area (Å²) in [6, 6.07) is 12.0. The first-order valence-corrected chi connectivity index (χ1v) is 7.99. The van der Waals surface area contributed by atoms with E-state index in [1.807, 2.05) is 18.2 Å². The molecule has 2 aromatic rings. The highest BCUT2D eigenvalue weighted by Crippen LogP contribution is 2.49. The summed E-state index contributed by atoms with van der Waals surface area (Å²) in [5.41, 5.74) is 1.40. The molecule has 2 aromatic carbocycles. The second-order valence-corrected chi connectivity index (χ2v) is 6.44. The summed E-state index contributed by atoms with van der Waals surface area (Å²) in [6.45, 7) is 0.736. The van der Waals surface area contributed by atoms with E-state index in [0.29, 0.717) is 12.3 Å². The van der Waals surface area contributed by atoms with Crippen molar-refractivity contribution in [3.63, 3.8) is 0 Å². The lowest BCUT2D eigenvalue weighted by Crippen LogP contribution is -2.36. The SMILES string of the molecule is CN(Cc1ccc2c(c1)OCO2)C(=O)C1(c2ccc(F)cc2)CC1. The van der Waals surface area contributed by atoms with Gasteiger partial charge in [0, 0.05) is 13.6 Å². The highest BCUT2D eigenvalue weighted by atomic mass is 19.1. The van der Waals surface area contributed by atoms with Crippen molar-refractivity contribution in [3.8, 4) is 11.5 Å². The van der Waals surface area contributed by atoms with E-state index in [-0.39, 0.29) is 18.5 Å². The van der Waals surface area contributed by atoms with Crippen LogP contribution in [0.15, 0.2) is 42.5 Å². The molecule has 0 spiro atoms. The van der Waals surface area contributed by atoms with Gasteiger partial charge < -0.3 is 14.4 Å². The summed E-state index contributed by atoms with van der Waals surface area (Å²) in [5.74, 6) is 1.24. The molecule has 0 N–H and O–H groups in total. The molecule has 1 amide bonds. The van der Waals surface area contributed by atoms with Crippen molar-refractivity contribution >= 4 is 5.91 Å². The van der Waals surface area contributed by atoms with Gasteiger partial charge >= 0.3 is 0 Å². The molecule has 124 valence electrons. The number of likely N-dealkylation sites (N-methyl/N-ethyl adjacent to an activating group) is 1. The molecule has 5 heteroatoms. The zero-order valence-corrected chi connectivity index (χ0v) is 13.4. The highest BCUT2D eigenvalue weighted by Gasteiger charge is 2.52. The molecule has 0 unspecified atom stereocenters. The largest absolute Gasteiger partial charge is 0.454 e. The third-order valence-corrected chi connectivity index (χ3v) is 4.76. The van der Waals surface area contributed by atoms with Gasteiger partial charge in [-0.05, 0) is 48.2 Å². The van der Waals surface area contributed by atoms with Crippen LogP contribution in [0.3, 0.4) is 0 Å². The molecular weight excluding hydrogens is 309 g/mol. The van der Waals surface area contributed by atoms with E-state index >= 15 is 0 Å². The van der Waals surface area contributed by atoms with Crippen LogP contribution in [0.5, 0.6) is 11.5 Å². The summed E-state index contributed by atoms with van der Waals surface area (Å²) >= 11 is 0. The maximum absolute atomic E-state index is 13.1. The van der Waals surface area contributed by atoms with Crippen LogP contribution in [0.2, 0.25) is 0 Å². The third-order valence-electron chi connectivity index (χ3n) is 4.76. The van der Waals surface area contributed by atoms with E-state index in [9.17, 15) is 9.18 Å². The van der Waals surface area contributed by atoms with Crippen molar-refractivity contribution in [2.45, 2.75) is 24.8 Å². The molecule has 2 aliphatic rings. The average Bonchev–Trinajstić information content (AvgIpc) is 3.26. The van der Waals surface area contributed by atoms with Gasteiger partial charge in [0.15, 0.2) is 11.5 Å². The Hall–Kier alpha value is -2.56. The van der Waals surface area contributed by atoms with Gasteiger partial charge in [0.05, 0.1) is 5.41 Å². The quantitative estimate of drug-likeness (QED) is 0.865. The number of benzene rings is 2. The molecule has 0 radical (unpaired) electrons. The normalized spacial score (nSPS) is 16.8. The van der Waals surface area contributed by atoms with Crippen molar-refractivity contribution in [2.75, 3.05) is 13.8 Å². The monoisotopic (exact) mass is 327 g/mol. The van der Waals surface area contributed by atoms with Gasteiger partial charge in [-0.2, -0.15) is 0 Å². The van der Waals surface area contributed by atoms with Crippen molar-refractivity contribution < 1.29 is 18.7 Å². The first-order valence-electron chi connectivity index (χ1n) is 7.99. The summed E-state index contributed by atoms with van der Waals surface area (Å²) in [5, 5.41) is 0. The Labute approximate surface area is 139 Å². The lowest BCUT2D eigenvalue weighted by molar-refractivity contribution is -0.133. The summed E-state index contributed by atoms with van der Waals surface area (Å²) in [4.78, 5) is 14.7. The van der Waals surface area contributed by atoms with E-state index in [0.717, 1.165) is 29.7 Å². The number of ether oxygens (including phenoxy) is 2. The standard InChI is InChI=1S/C19H18FNO3/c1-21(11-13-2-7-16-17(10-13)24-12-23-16)18(22)19(8-9-19)14-3-5-15(20)6-4-14/h2-7,10H,8-9,11-12H2,1H3. The Morgan fingerprint density at radius 2 is 1.83 bits per heavy atom. The zero-order valence-electron chi connectivity index (χ0n) is 13.4. The van der Waals surface area contributed by atoms with Crippen LogP contribution in [0.4, 0.5) is 4.39 Å². The minimum Gasteiger partial charge on any atom is -0.454 e. The molecule has 1 fully saturated rings. The minimum absolute atomic E-state index is 0.0757. The molecular formula is C19H18FNO3. The fourth-order valence-electron chi connectivity index (χ4n) is 3.27. The van der Waals surface area contributed by atoms with Crippen LogP contribution in [-0.2, 0) is 16.8 Å². The van der Waals surface area contributed by atoms with Crippen LogP contribution >= 0.6 is 0 Å². The lowest BCUT2D eigenvalue weighted by atomic mass is 9.94. The summed E-state index contributed by atoms with van der Waals surface area (Å²) in [7, 11) is 1.80. The smallest absolute Gasteiger partial charge is 0.233 e. The van der Waals surface area contributed by atoms with Gasteiger partial charge in [-0.15, -0.1) is 0 Å². The molecule has 4 nitrogen and oxygen atoms in total. The highest BCUT2D eigenvalue weighted by molar-refractivity contribution is 5.91. The Kier molecular flexibility index (Phi) is 3.44. The van der Waals surface area contributed by atoms with Crippen molar-refractivity contribution in [1.29, 1.82) is 0 Å². The molecule has 1 heterocycles. The molecule has 4 rings (SSSR count). The van der Waals surface area contributed by atoms with Crippen LogP contribution < -0.4 is 9.47 Å². The van der Waals surface area contributed by atoms with Crippen LogP contribution in [0, 0.1) is 5.82 Å². The number of carbonyl (C=O) groups excluding carboxylic acids is 1. The van der Waals surface area contributed by atoms with Crippen molar-refractivity contribution in [1.82, 2.24) is 4.90 Å². The van der Waals surface area contributed by atoms with Gasteiger partial charge in [-0.1, -0.05) is 18.2 Å². The summed E-state index contributed by atoms with van der Waals surface area (Å²) in [6.07, 6.45) is 1.62. The van der Waals surface area contributed by atoms with Crippen LogP contribution in [-0.4, -0.2) is 24.6 Å². The van der Waals surface area contributed by atoms with Crippen molar-refractivity contribution in [3.05, 3.63) is 59.4 Å². The van der Waals surface area contributed by atoms with Crippen molar-refractivity contribution in [2.24, 2.45) is 0 Å². The van der Waals surface area contributed by atoms with Gasteiger partial charge in [0.25, 0.3) is 0 Å². The Morgan fingerprint density at radius 3 is 2.54 bits per heavy atom.